The van der Waals surface area contributed by atoms with Gasteiger partial charge in [-0.15, -0.1) is 0 Å². The maximum Gasteiger partial charge on any atom is 0.262 e. The van der Waals surface area contributed by atoms with E-state index in [0.717, 1.165) is 10.5 Å². The number of carbonyl (C=O) groups excluding carboxylic acids is 2. The van der Waals surface area contributed by atoms with Gasteiger partial charge in [0.05, 0.1) is 17.7 Å². The van der Waals surface area contributed by atoms with Gasteiger partial charge in [0.2, 0.25) is 0 Å². The number of carbonyl (C=O) groups is 2. The first-order valence-corrected chi connectivity index (χ1v) is 9.38. The number of hydrogen-bond acceptors (Lipinski definition) is 2. The van der Waals surface area contributed by atoms with Crippen LogP contribution >= 0.6 is 11.6 Å². The lowest BCUT2D eigenvalue weighted by molar-refractivity contribution is 0.0675. The molecule has 0 radical (unpaired) electrons. The van der Waals surface area contributed by atoms with Crippen molar-refractivity contribution >= 4 is 23.4 Å². The summed E-state index contributed by atoms with van der Waals surface area (Å²) in [5, 5.41) is 0.530. The summed E-state index contributed by atoms with van der Waals surface area (Å²) < 4.78 is 14.0. The summed E-state index contributed by atoms with van der Waals surface area (Å²) in [6.07, 6.45) is 0.338. The maximum absolute atomic E-state index is 14.0. The highest BCUT2D eigenvalue weighted by Crippen LogP contribution is 2.23. The van der Waals surface area contributed by atoms with Crippen LogP contribution in [0.3, 0.4) is 0 Å². The highest BCUT2D eigenvalue weighted by molar-refractivity contribution is 6.30. The molecule has 2 amide bonds. The molecule has 3 aromatic carbocycles. The molecule has 1 heterocycles. The van der Waals surface area contributed by atoms with Crippen LogP contribution in [0, 0.1) is 17.7 Å². The second kappa shape index (κ2) is 7.90. The number of amides is 2. The Morgan fingerprint density at radius 2 is 1.52 bits per heavy atom. The molecule has 29 heavy (non-hydrogen) atoms. The molecule has 0 saturated heterocycles. The minimum atomic E-state index is -0.345. The van der Waals surface area contributed by atoms with Gasteiger partial charge in [0.15, 0.2) is 0 Å². The average Bonchev–Trinajstić information content (AvgIpc) is 2.96. The number of fused-ring (bicyclic) bond motifs is 1. The molecule has 0 spiro atoms. The Kier molecular flexibility index (Phi) is 5.16. The molecule has 0 atom stereocenters. The van der Waals surface area contributed by atoms with Crippen molar-refractivity contribution in [1.29, 1.82) is 0 Å². The van der Waals surface area contributed by atoms with Crippen molar-refractivity contribution in [3.05, 3.63) is 105 Å². The third-order valence-electron chi connectivity index (χ3n) is 4.74. The van der Waals surface area contributed by atoms with Crippen molar-refractivity contribution in [3.63, 3.8) is 0 Å². The van der Waals surface area contributed by atoms with E-state index in [1.54, 1.807) is 60.7 Å². The van der Waals surface area contributed by atoms with E-state index in [4.69, 9.17) is 11.6 Å². The molecule has 0 aromatic heterocycles. The Balaban J connectivity index is 1.57. The van der Waals surface area contributed by atoms with Crippen LogP contribution in [0.4, 0.5) is 4.39 Å². The first-order valence-electron chi connectivity index (χ1n) is 9.00. The van der Waals surface area contributed by atoms with Gasteiger partial charge in [0.25, 0.3) is 11.8 Å². The van der Waals surface area contributed by atoms with Crippen LogP contribution in [0.25, 0.3) is 0 Å². The van der Waals surface area contributed by atoms with E-state index in [9.17, 15) is 14.0 Å². The van der Waals surface area contributed by atoms with Crippen LogP contribution in [0.1, 0.15) is 37.4 Å². The van der Waals surface area contributed by atoms with Gasteiger partial charge in [-0.3, -0.25) is 14.5 Å². The topological polar surface area (TPSA) is 37.4 Å². The lowest BCUT2D eigenvalue weighted by Gasteiger charge is -2.09. The van der Waals surface area contributed by atoms with Crippen LogP contribution < -0.4 is 0 Å². The van der Waals surface area contributed by atoms with E-state index in [0.29, 0.717) is 33.7 Å². The fourth-order valence-electron chi connectivity index (χ4n) is 3.27. The van der Waals surface area contributed by atoms with Crippen LogP contribution in [-0.4, -0.2) is 23.3 Å². The van der Waals surface area contributed by atoms with E-state index >= 15 is 0 Å². The molecule has 0 aliphatic carbocycles. The SMILES string of the molecule is O=C1c2ccccc2C(=O)N1CC#Cc1ccc(Cl)cc1Cc1ccccc1F. The van der Waals surface area contributed by atoms with E-state index in [-0.39, 0.29) is 24.2 Å². The molecule has 1 aliphatic rings. The minimum absolute atomic E-state index is 0.0197. The summed E-state index contributed by atoms with van der Waals surface area (Å²) in [6, 6.07) is 18.5. The molecular weight excluding hydrogens is 389 g/mol. The second-order valence-corrected chi connectivity index (χ2v) is 7.05. The van der Waals surface area contributed by atoms with Crippen molar-refractivity contribution in [2.45, 2.75) is 6.42 Å². The van der Waals surface area contributed by atoms with Gasteiger partial charge >= 0.3 is 0 Å². The molecule has 4 rings (SSSR count). The molecule has 0 fully saturated rings. The van der Waals surface area contributed by atoms with Crippen molar-refractivity contribution in [2.75, 3.05) is 6.54 Å². The summed E-state index contributed by atoms with van der Waals surface area (Å²) >= 11 is 6.11. The van der Waals surface area contributed by atoms with Crippen molar-refractivity contribution in [2.24, 2.45) is 0 Å². The summed E-state index contributed by atoms with van der Waals surface area (Å²) in [4.78, 5) is 26.0. The van der Waals surface area contributed by atoms with E-state index in [1.165, 1.54) is 6.07 Å². The van der Waals surface area contributed by atoms with Gasteiger partial charge in [0, 0.05) is 17.0 Å². The molecule has 3 aromatic rings. The van der Waals surface area contributed by atoms with Gasteiger partial charge in [-0.25, -0.2) is 4.39 Å². The smallest absolute Gasteiger partial charge is 0.262 e. The zero-order valence-electron chi connectivity index (χ0n) is 15.3. The van der Waals surface area contributed by atoms with Gasteiger partial charge in [0.1, 0.15) is 5.82 Å². The number of benzene rings is 3. The van der Waals surface area contributed by atoms with Crippen LogP contribution in [0.2, 0.25) is 5.02 Å². The van der Waals surface area contributed by atoms with Gasteiger partial charge < -0.3 is 0 Å². The number of halogens is 2. The van der Waals surface area contributed by atoms with Crippen LogP contribution in [-0.2, 0) is 6.42 Å². The zero-order chi connectivity index (χ0) is 20.4. The minimum Gasteiger partial charge on any atom is -0.269 e. The molecule has 0 saturated carbocycles. The Bertz CT molecular complexity index is 1160. The van der Waals surface area contributed by atoms with E-state index in [2.05, 4.69) is 11.8 Å². The number of rotatable bonds is 3. The van der Waals surface area contributed by atoms with Crippen molar-refractivity contribution in [3.8, 4) is 11.8 Å². The highest BCUT2D eigenvalue weighted by Gasteiger charge is 2.34. The lowest BCUT2D eigenvalue weighted by Crippen LogP contribution is -2.30. The Morgan fingerprint density at radius 1 is 0.862 bits per heavy atom. The average molecular weight is 404 g/mol. The second-order valence-electron chi connectivity index (χ2n) is 6.61. The van der Waals surface area contributed by atoms with Crippen molar-refractivity contribution in [1.82, 2.24) is 4.90 Å². The molecule has 1 aliphatic heterocycles. The first kappa shape index (κ1) is 18.9. The first-order chi connectivity index (χ1) is 14.0. The molecule has 3 nitrogen and oxygen atoms in total. The molecule has 142 valence electrons. The fourth-order valence-corrected chi connectivity index (χ4v) is 3.47. The standard InChI is InChI=1S/C24H15ClFNO2/c25-19-12-11-16(18(15-19)14-17-6-1-4-10-22(17)26)7-5-13-27-23(28)20-8-2-3-9-21(20)24(27)29/h1-4,6,8-12,15H,13-14H2. The van der Waals surface area contributed by atoms with Crippen LogP contribution in [0.15, 0.2) is 66.7 Å². The normalized spacial score (nSPS) is 12.6. The number of nitrogens with zero attached hydrogens (tertiary/aromatic N) is 1. The highest BCUT2D eigenvalue weighted by atomic mass is 35.5. The molecule has 0 bridgehead atoms. The largest absolute Gasteiger partial charge is 0.269 e. The van der Waals surface area contributed by atoms with Gasteiger partial charge in [-0.2, -0.15) is 0 Å². The zero-order valence-corrected chi connectivity index (χ0v) is 16.0. The predicted molar refractivity (Wildman–Crippen MR) is 109 cm³/mol. The van der Waals surface area contributed by atoms with Gasteiger partial charge in [-0.1, -0.05) is 53.8 Å². The monoisotopic (exact) mass is 403 g/mol. The van der Waals surface area contributed by atoms with Crippen LogP contribution in [0.5, 0.6) is 0 Å². The maximum atomic E-state index is 14.0. The molecule has 0 unspecified atom stereocenters. The summed E-state index contributed by atoms with van der Waals surface area (Å²) in [5.41, 5.74) is 2.78. The summed E-state index contributed by atoms with van der Waals surface area (Å²) in [6.45, 7) is -0.0197. The summed E-state index contributed by atoms with van der Waals surface area (Å²) in [7, 11) is 0. The third-order valence-corrected chi connectivity index (χ3v) is 4.98. The number of imide groups is 1. The van der Waals surface area contributed by atoms with E-state index < -0.39 is 0 Å². The van der Waals surface area contributed by atoms with Crippen molar-refractivity contribution < 1.29 is 14.0 Å². The van der Waals surface area contributed by atoms with Gasteiger partial charge in [-0.05, 0) is 47.5 Å². The molecule has 5 heteroatoms. The Morgan fingerprint density at radius 3 is 2.21 bits per heavy atom. The van der Waals surface area contributed by atoms with E-state index in [1.807, 2.05) is 0 Å². The predicted octanol–water partition coefficient (Wildman–Crippen LogP) is 4.72. The lowest BCUT2D eigenvalue weighted by atomic mass is 9.99. The molecular formula is C24H15ClFNO2. The molecule has 0 N–H and O–H groups in total. The Labute approximate surface area is 172 Å². The summed E-state index contributed by atoms with van der Waals surface area (Å²) in [5.74, 6) is 4.91. The fraction of sp³-hybridized carbons (Fsp3) is 0.0833. The third kappa shape index (κ3) is 3.78. The quantitative estimate of drug-likeness (QED) is 0.469. The Hall–Kier alpha value is -3.42. The number of hydrogen-bond donors (Lipinski definition) is 0.